The number of rotatable bonds is 3. The molecular formula is C16H21FN2S. The molecule has 0 aliphatic rings. The van der Waals surface area contributed by atoms with Gasteiger partial charge in [0.2, 0.25) is 0 Å². The Morgan fingerprint density at radius 2 is 2.00 bits per heavy atom. The van der Waals surface area contributed by atoms with Crippen molar-refractivity contribution < 1.29 is 4.39 Å². The lowest BCUT2D eigenvalue weighted by Crippen LogP contribution is -2.16. The highest BCUT2D eigenvalue weighted by Crippen LogP contribution is 2.34. The Kier molecular flexibility index (Phi) is 4.25. The van der Waals surface area contributed by atoms with Crippen LogP contribution in [-0.4, -0.2) is 12.0 Å². The third-order valence-electron chi connectivity index (χ3n) is 3.15. The summed E-state index contributed by atoms with van der Waals surface area (Å²) in [6.45, 7) is 9.10. The fourth-order valence-electron chi connectivity index (χ4n) is 2.12. The molecule has 0 radical (unpaired) electrons. The molecule has 0 saturated heterocycles. The molecule has 2 nitrogen and oxygen atoms in total. The molecule has 0 fully saturated rings. The molecule has 108 valence electrons. The van der Waals surface area contributed by atoms with E-state index in [1.165, 1.54) is 10.9 Å². The van der Waals surface area contributed by atoms with Crippen LogP contribution in [0, 0.1) is 12.7 Å². The predicted molar refractivity (Wildman–Crippen MR) is 83.7 cm³/mol. The van der Waals surface area contributed by atoms with Gasteiger partial charge in [0, 0.05) is 22.4 Å². The van der Waals surface area contributed by atoms with Gasteiger partial charge in [-0.1, -0.05) is 20.8 Å². The normalized spacial score (nSPS) is 11.9. The zero-order chi connectivity index (χ0) is 14.9. The van der Waals surface area contributed by atoms with Crippen molar-refractivity contribution in [2.75, 3.05) is 7.05 Å². The fourth-order valence-corrected chi connectivity index (χ4v) is 3.40. The molecule has 0 aliphatic heterocycles. The molecule has 0 saturated carbocycles. The van der Waals surface area contributed by atoms with Crippen LogP contribution in [0.3, 0.4) is 0 Å². The highest BCUT2D eigenvalue weighted by molar-refractivity contribution is 7.15. The van der Waals surface area contributed by atoms with Gasteiger partial charge in [-0.25, -0.2) is 9.37 Å². The monoisotopic (exact) mass is 292 g/mol. The van der Waals surface area contributed by atoms with Gasteiger partial charge < -0.3 is 5.32 Å². The lowest BCUT2D eigenvalue weighted by Gasteiger charge is -2.17. The number of hydrogen-bond acceptors (Lipinski definition) is 3. The summed E-state index contributed by atoms with van der Waals surface area (Å²) in [6.07, 6.45) is 0. The molecule has 20 heavy (non-hydrogen) atoms. The third kappa shape index (κ3) is 3.07. The first-order valence-electron chi connectivity index (χ1n) is 6.74. The molecular weight excluding hydrogens is 271 g/mol. The fraction of sp³-hybridized carbons (Fsp3) is 0.438. The predicted octanol–water partition coefficient (Wildman–Crippen LogP) is 4.27. The number of halogens is 1. The van der Waals surface area contributed by atoms with Gasteiger partial charge in [-0.05, 0) is 37.7 Å². The van der Waals surface area contributed by atoms with Crippen LogP contribution in [0.1, 0.15) is 36.9 Å². The first-order chi connectivity index (χ1) is 9.32. The summed E-state index contributed by atoms with van der Waals surface area (Å²) in [6, 6.07) is 5.18. The summed E-state index contributed by atoms with van der Waals surface area (Å²) >= 11 is 1.68. The van der Waals surface area contributed by atoms with E-state index in [4.69, 9.17) is 4.98 Å². The van der Waals surface area contributed by atoms with E-state index in [-0.39, 0.29) is 11.2 Å². The van der Waals surface area contributed by atoms with E-state index in [2.05, 4.69) is 26.1 Å². The Balaban J connectivity index is 2.49. The van der Waals surface area contributed by atoms with Gasteiger partial charge in [0.1, 0.15) is 10.8 Å². The Bertz CT molecular complexity index is 611. The largest absolute Gasteiger partial charge is 0.315 e. The molecule has 2 aromatic rings. The van der Waals surface area contributed by atoms with E-state index in [1.54, 1.807) is 24.3 Å². The van der Waals surface area contributed by atoms with Crippen LogP contribution in [0.5, 0.6) is 0 Å². The van der Waals surface area contributed by atoms with Crippen LogP contribution < -0.4 is 5.32 Å². The molecule has 2 rings (SSSR count). The molecule has 1 N–H and O–H groups in total. The van der Waals surface area contributed by atoms with Gasteiger partial charge in [0.15, 0.2) is 0 Å². The topological polar surface area (TPSA) is 24.9 Å². The number of benzene rings is 1. The minimum absolute atomic E-state index is 0.00993. The van der Waals surface area contributed by atoms with Gasteiger partial charge in [0.05, 0.1) is 5.69 Å². The second kappa shape index (κ2) is 5.62. The SMILES string of the molecule is CNCc1sc(-c2ccc(F)c(C)c2)nc1C(C)(C)C. The van der Waals surface area contributed by atoms with E-state index in [0.717, 1.165) is 22.8 Å². The maximum Gasteiger partial charge on any atom is 0.126 e. The highest BCUT2D eigenvalue weighted by Gasteiger charge is 2.23. The van der Waals surface area contributed by atoms with Crippen LogP contribution in [0.25, 0.3) is 10.6 Å². The van der Waals surface area contributed by atoms with E-state index in [0.29, 0.717) is 5.56 Å². The smallest absolute Gasteiger partial charge is 0.126 e. The third-order valence-corrected chi connectivity index (χ3v) is 4.25. The van der Waals surface area contributed by atoms with E-state index in [9.17, 15) is 4.39 Å². The molecule has 1 aromatic carbocycles. The number of hydrogen-bond donors (Lipinski definition) is 1. The standard InChI is InChI=1S/C16H21FN2S/c1-10-8-11(6-7-12(10)17)15-19-14(16(2,3)4)13(20-15)9-18-5/h6-8,18H,9H2,1-5H3. The second-order valence-electron chi connectivity index (χ2n) is 6.04. The summed E-state index contributed by atoms with van der Waals surface area (Å²) in [5.74, 6) is -0.170. The quantitative estimate of drug-likeness (QED) is 0.913. The Morgan fingerprint density at radius 1 is 1.30 bits per heavy atom. The van der Waals surface area contributed by atoms with Crippen molar-refractivity contribution in [1.82, 2.24) is 10.3 Å². The van der Waals surface area contributed by atoms with Gasteiger partial charge in [-0.15, -0.1) is 11.3 Å². The molecule has 0 atom stereocenters. The number of thiazole rings is 1. The van der Waals surface area contributed by atoms with Crippen molar-refractivity contribution in [3.63, 3.8) is 0 Å². The van der Waals surface area contributed by atoms with Crippen molar-refractivity contribution in [2.45, 2.75) is 39.7 Å². The first-order valence-corrected chi connectivity index (χ1v) is 7.56. The molecule has 4 heteroatoms. The van der Waals surface area contributed by atoms with Crippen molar-refractivity contribution in [2.24, 2.45) is 0 Å². The first kappa shape index (κ1) is 15.1. The van der Waals surface area contributed by atoms with Gasteiger partial charge in [-0.3, -0.25) is 0 Å². The Morgan fingerprint density at radius 3 is 2.55 bits per heavy atom. The maximum absolute atomic E-state index is 13.4. The van der Waals surface area contributed by atoms with Gasteiger partial charge in [0.25, 0.3) is 0 Å². The zero-order valence-electron chi connectivity index (χ0n) is 12.7. The molecule has 0 amide bonds. The Labute approximate surface area is 124 Å². The summed E-state index contributed by atoms with van der Waals surface area (Å²) in [5.41, 5.74) is 2.77. The number of aryl methyl sites for hydroxylation is 1. The van der Waals surface area contributed by atoms with Crippen LogP contribution in [0.2, 0.25) is 0 Å². The number of nitrogens with zero attached hydrogens (tertiary/aromatic N) is 1. The maximum atomic E-state index is 13.4. The van der Waals surface area contributed by atoms with E-state index >= 15 is 0 Å². The van der Waals surface area contributed by atoms with Crippen LogP contribution in [0.15, 0.2) is 18.2 Å². The lowest BCUT2D eigenvalue weighted by molar-refractivity contribution is 0.563. The highest BCUT2D eigenvalue weighted by atomic mass is 32.1. The zero-order valence-corrected chi connectivity index (χ0v) is 13.5. The Hall–Kier alpha value is -1.26. The van der Waals surface area contributed by atoms with Crippen molar-refractivity contribution in [3.8, 4) is 10.6 Å². The molecule has 1 aromatic heterocycles. The second-order valence-corrected chi connectivity index (χ2v) is 7.12. The molecule has 0 unspecified atom stereocenters. The van der Waals surface area contributed by atoms with Crippen LogP contribution in [-0.2, 0) is 12.0 Å². The molecule has 1 heterocycles. The van der Waals surface area contributed by atoms with Crippen LogP contribution in [0.4, 0.5) is 4.39 Å². The minimum atomic E-state index is -0.170. The minimum Gasteiger partial charge on any atom is -0.315 e. The van der Waals surface area contributed by atoms with Crippen molar-refractivity contribution in [3.05, 3.63) is 40.2 Å². The summed E-state index contributed by atoms with van der Waals surface area (Å²) < 4.78 is 13.4. The molecule has 0 spiro atoms. The molecule has 0 bridgehead atoms. The summed E-state index contributed by atoms with van der Waals surface area (Å²) in [7, 11) is 1.94. The average Bonchev–Trinajstić information content (AvgIpc) is 2.77. The van der Waals surface area contributed by atoms with Crippen molar-refractivity contribution >= 4 is 11.3 Å². The van der Waals surface area contributed by atoms with Crippen LogP contribution >= 0.6 is 11.3 Å². The summed E-state index contributed by atoms with van der Waals surface area (Å²) in [5, 5.41) is 4.15. The average molecular weight is 292 g/mol. The summed E-state index contributed by atoms with van der Waals surface area (Å²) in [4.78, 5) is 6.04. The van der Waals surface area contributed by atoms with E-state index < -0.39 is 0 Å². The number of aromatic nitrogens is 1. The van der Waals surface area contributed by atoms with E-state index in [1.807, 2.05) is 13.1 Å². The van der Waals surface area contributed by atoms with Gasteiger partial charge in [-0.2, -0.15) is 0 Å². The lowest BCUT2D eigenvalue weighted by atomic mass is 9.91. The number of nitrogens with one attached hydrogen (secondary N) is 1. The van der Waals surface area contributed by atoms with Gasteiger partial charge >= 0.3 is 0 Å². The van der Waals surface area contributed by atoms with Crippen molar-refractivity contribution in [1.29, 1.82) is 0 Å². The molecule has 0 aliphatic carbocycles.